The SMILES string of the molecule is C[C@H](Cl)C(=O)N1C[C@@H]2CCC(F)(F)[C@@H]2C1. The molecular formula is C10H14ClF2NO. The maximum absolute atomic E-state index is 13.4. The molecule has 0 aromatic carbocycles. The highest BCUT2D eigenvalue weighted by Crippen LogP contribution is 2.48. The van der Waals surface area contributed by atoms with E-state index in [1.54, 1.807) is 6.92 Å². The van der Waals surface area contributed by atoms with Gasteiger partial charge in [0.15, 0.2) is 0 Å². The average Bonchev–Trinajstić information content (AvgIpc) is 2.66. The Morgan fingerprint density at radius 3 is 2.73 bits per heavy atom. The van der Waals surface area contributed by atoms with E-state index in [2.05, 4.69) is 0 Å². The zero-order valence-corrected chi connectivity index (χ0v) is 9.31. The smallest absolute Gasteiger partial charge is 0.252 e. The second kappa shape index (κ2) is 3.58. The van der Waals surface area contributed by atoms with Crippen molar-refractivity contribution in [3.63, 3.8) is 0 Å². The van der Waals surface area contributed by atoms with E-state index in [4.69, 9.17) is 11.6 Å². The summed E-state index contributed by atoms with van der Waals surface area (Å²) in [6, 6.07) is 0. The molecule has 1 aliphatic carbocycles. The monoisotopic (exact) mass is 237 g/mol. The van der Waals surface area contributed by atoms with Crippen LogP contribution in [-0.4, -0.2) is 35.2 Å². The van der Waals surface area contributed by atoms with Crippen molar-refractivity contribution in [2.24, 2.45) is 11.8 Å². The van der Waals surface area contributed by atoms with Gasteiger partial charge in [-0.05, 0) is 19.3 Å². The summed E-state index contributed by atoms with van der Waals surface area (Å²) >= 11 is 5.66. The Kier molecular flexibility index (Phi) is 2.65. The van der Waals surface area contributed by atoms with E-state index in [9.17, 15) is 13.6 Å². The number of rotatable bonds is 1. The number of fused-ring (bicyclic) bond motifs is 1. The molecule has 2 aliphatic rings. The highest BCUT2D eigenvalue weighted by molar-refractivity contribution is 6.30. The summed E-state index contributed by atoms with van der Waals surface area (Å²) in [7, 11) is 0. The second-order valence-electron chi connectivity index (χ2n) is 4.53. The molecule has 0 aromatic heterocycles. The highest BCUT2D eigenvalue weighted by Gasteiger charge is 2.54. The first-order valence-corrected chi connectivity index (χ1v) is 5.66. The van der Waals surface area contributed by atoms with Gasteiger partial charge < -0.3 is 4.90 Å². The molecule has 0 N–H and O–H groups in total. The van der Waals surface area contributed by atoms with Gasteiger partial charge >= 0.3 is 0 Å². The minimum Gasteiger partial charge on any atom is -0.341 e. The van der Waals surface area contributed by atoms with E-state index in [1.165, 1.54) is 4.90 Å². The third kappa shape index (κ3) is 1.84. The van der Waals surface area contributed by atoms with Crippen molar-refractivity contribution in [2.75, 3.05) is 13.1 Å². The van der Waals surface area contributed by atoms with Crippen LogP contribution in [0, 0.1) is 11.8 Å². The number of carbonyl (C=O) groups is 1. The van der Waals surface area contributed by atoms with E-state index in [0.717, 1.165) is 0 Å². The van der Waals surface area contributed by atoms with Crippen LogP contribution in [0.15, 0.2) is 0 Å². The van der Waals surface area contributed by atoms with Crippen LogP contribution in [0.1, 0.15) is 19.8 Å². The minimum atomic E-state index is -2.59. The zero-order chi connectivity index (χ0) is 11.2. The fourth-order valence-corrected chi connectivity index (χ4v) is 2.77. The summed E-state index contributed by atoms with van der Waals surface area (Å²) in [5, 5.41) is -0.613. The van der Waals surface area contributed by atoms with Crippen LogP contribution < -0.4 is 0 Å². The van der Waals surface area contributed by atoms with Gasteiger partial charge in [0, 0.05) is 25.4 Å². The Labute approximate surface area is 92.6 Å². The number of likely N-dealkylation sites (tertiary alicyclic amines) is 1. The zero-order valence-electron chi connectivity index (χ0n) is 8.55. The molecule has 2 rings (SSSR count). The van der Waals surface area contributed by atoms with Crippen LogP contribution in [0.2, 0.25) is 0 Å². The van der Waals surface area contributed by atoms with Gasteiger partial charge in [-0.2, -0.15) is 0 Å². The first kappa shape index (κ1) is 11.1. The van der Waals surface area contributed by atoms with E-state index >= 15 is 0 Å². The molecule has 1 aliphatic heterocycles. The van der Waals surface area contributed by atoms with Crippen molar-refractivity contribution in [1.82, 2.24) is 4.90 Å². The van der Waals surface area contributed by atoms with Crippen LogP contribution in [-0.2, 0) is 4.79 Å². The Bertz CT molecular complexity index is 283. The Morgan fingerprint density at radius 1 is 1.53 bits per heavy atom. The van der Waals surface area contributed by atoms with E-state index in [0.29, 0.717) is 13.0 Å². The quantitative estimate of drug-likeness (QED) is 0.640. The molecule has 15 heavy (non-hydrogen) atoms. The predicted molar refractivity (Wildman–Crippen MR) is 53.1 cm³/mol. The largest absolute Gasteiger partial charge is 0.341 e. The third-order valence-corrected chi connectivity index (χ3v) is 3.67. The Morgan fingerprint density at radius 2 is 2.20 bits per heavy atom. The lowest BCUT2D eigenvalue weighted by molar-refractivity contribution is -0.130. The number of carbonyl (C=O) groups excluding carboxylic acids is 1. The summed E-state index contributed by atoms with van der Waals surface area (Å²) in [4.78, 5) is 13.0. The van der Waals surface area contributed by atoms with Crippen LogP contribution in [0.3, 0.4) is 0 Å². The molecule has 1 heterocycles. The highest BCUT2D eigenvalue weighted by atomic mass is 35.5. The van der Waals surface area contributed by atoms with Crippen LogP contribution in [0.5, 0.6) is 0 Å². The second-order valence-corrected chi connectivity index (χ2v) is 5.18. The molecule has 1 amide bonds. The maximum atomic E-state index is 13.4. The molecule has 0 aromatic rings. The molecule has 0 bridgehead atoms. The van der Waals surface area contributed by atoms with Gasteiger partial charge in [-0.25, -0.2) is 8.78 Å². The number of hydrogen-bond acceptors (Lipinski definition) is 1. The van der Waals surface area contributed by atoms with Crippen molar-refractivity contribution < 1.29 is 13.6 Å². The van der Waals surface area contributed by atoms with Gasteiger partial charge in [-0.3, -0.25) is 4.79 Å². The first-order chi connectivity index (χ1) is 6.92. The van der Waals surface area contributed by atoms with Gasteiger partial charge in [0.1, 0.15) is 5.38 Å². The van der Waals surface area contributed by atoms with Crippen LogP contribution >= 0.6 is 11.6 Å². The number of halogens is 3. The van der Waals surface area contributed by atoms with E-state index < -0.39 is 17.2 Å². The molecule has 5 heteroatoms. The van der Waals surface area contributed by atoms with Crippen molar-refractivity contribution in [3.8, 4) is 0 Å². The van der Waals surface area contributed by atoms with Crippen molar-refractivity contribution >= 4 is 17.5 Å². The van der Waals surface area contributed by atoms with Crippen LogP contribution in [0.4, 0.5) is 8.78 Å². The molecule has 0 radical (unpaired) electrons. The molecule has 86 valence electrons. The molecule has 0 spiro atoms. The normalized spacial score (nSPS) is 35.3. The number of hydrogen-bond donors (Lipinski definition) is 0. The molecule has 2 nitrogen and oxygen atoms in total. The number of nitrogens with zero attached hydrogens (tertiary/aromatic N) is 1. The standard InChI is InChI=1S/C10H14ClF2NO/c1-6(11)9(15)14-4-7-2-3-10(12,13)8(7)5-14/h6-8H,2-5H2,1H3/t6-,7-,8+/m0/s1. The van der Waals surface area contributed by atoms with E-state index in [1.807, 2.05) is 0 Å². The maximum Gasteiger partial charge on any atom is 0.252 e. The van der Waals surface area contributed by atoms with Gasteiger partial charge in [0.25, 0.3) is 5.92 Å². The molecule has 3 atom stereocenters. The van der Waals surface area contributed by atoms with Crippen molar-refractivity contribution in [3.05, 3.63) is 0 Å². The molecular weight excluding hydrogens is 224 g/mol. The fourth-order valence-electron chi connectivity index (χ4n) is 2.64. The lowest BCUT2D eigenvalue weighted by Gasteiger charge is -2.21. The van der Waals surface area contributed by atoms with Gasteiger partial charge in [-0.15, -0.1) is 11.6 Å². The summed E-state index contributed by atoms with van der Waals surface area (Å²) in [5.41, 5.74) is 0. The summed E-state index contributed by atoms with van der Waals surface area (Å²) in [6.45, 7) is 2.21. The predicted octanol–water partition coefficient (Wildman–Crippen LogP) is 2.12. The van der Waals surface area contributed by atoms with Crippen LogP contribution in [0.25, 0.3) is 0 Å². The van der Waals surface area contributed by atoms with Crippen molar-refractivity contribution in [2.45, 2.75) is 31.1 Å². The Hall–Kier alpha value is -0.380. The molecule has 1 saturated carbocycles. The van der Waals surface area contributed by atoms with Gasteiger partial charge in [-0.1, -0.05) is 0 Å². The summed E-state index contributed by atoms with van der Waals surface area (Å²) in [5.74, 6) is -3.48. The lowest BCUT2D eigenvalue weighted by atomic mass is 9.99. The topological polar surface area (TPSA) is 20.3 Å². The molecule has 1 saturated heterocycles. The summed E-state index contributed by atoms with van der Waals surface area (Å²) in [6.07, 6.45) is 0.499. The number of amides is 1. The summed E-state index contributed by atoms with van der Waals surface area (Å²) < 4.78 is 26.7. The van der Waals surface area contributed by atoms with Crippen molar-refractivity contribution in [1.29, 1.82) is 0 Å². The Balaban J connectivity index is 2.05. The third-order valence-electron chi connectivity index (χ3n) is 3.48. The number of alkyl halides is 3. The average molecular weight is 238 g/mol. The first-order valence-electron chi connectivity index (χ1n) is 5.22. The fraction of sp³-hybridized carbons (Fsp3) is 0.900. The van der Waals surface area contributed by atoms with Gasteiger partial charge in [0.05, 0.1) is 0 Å². The molecule has 0 unspecified atom stereocenters. The van der Waals surface area contributed by atoms with Gasteiger partial charge in [0.2, 0.25) is 5.91 Å². The van der Waals surface area contributed by atoms with E-state index in [-0.39, 0.29) is 24.8 Å². The minimum absolute atomic E-state index is 0.0270. The molecule has 2 fully saturated rings. The lowest BCUT2D eigenvalue weighted by Crippen LogP contribution is -2.36.